The van der Waals surface area contributed by atoms with E-state index in [1.807, 2.05) is 0 Å². The van der Waals surface area contributed by atoms with E-state index in [0.717, 1.165) is 34.1 Å². The summed E-state index contributed by atoms with van der Waals surface area (Å²) in [6.07, 6.45) is -4.65. The molecule has 4 aromatic carbocycles. The molecule has 0 saturated heterocycles. The highest BCUT2D eigenvalue weighted by Gasteiger charge is 2.31. The summed E-state index contributed by atoms with van der Waals surface area (Å²) in [4.78, 5) is 12.8. The van der Waals surface area contributed by atoms with Crippen LogP contribution in [-0.4, -0.2) is 36.4 Å². The zero-order chi connectivity index (χ0) is 31.4. The number of rotatable bonds is 10. The van der Waals surface area contributed by atoms with Gasteiger partial charge in [-0.2, -0.15) is 13.2 Å². The molecule has 43 heavy (non-hydrogen) atoms. The average Bonchev–Trinajstić information content (AvgIpc) is 2.96. The molecule has 0 aliphatic rings. The van der Waals surface area contributed by atoms with Crippen molar-refractivity contribution in [3.63, 3.8) is 0 Å². The van der Waals surface area contributed by atoms with E-state index >= 15 is 0 Å². The Morgan fingerprint density at radius 2 is 1.49 bits per heavy atom. The number of carbonyl (C=O) groups is 1. The molecule has 0 heterocycles. The van der Waals surface area contributed by atoms with Crippen molar-refractivity contribution in [1.82, 2.24) is 0 Å². The van der Waals surface area contributed by atoms with Crippen LogP contribution in [0.3, 0.4) is 0 Å². The number of hydrogen-bond acceptors (Lipinski definition) is 6. The van der Waals surface area contributed by atoms with Crippen molar-refractivity contribution in [2.75, 3.05) is 28.0 Å². The molecule has 14 heteroatoms. The van der Waals surface area contributed by atoms with Crippen molar-refractivity contribution >= 4 is 43.0 Å². The Balaban J connectivity index is 1.55. The topological polar surface area (TPSA) is 122 Å². The number of nitrogens with zero attached hydrogens (tertiary/aromatic N) is 1. The highest BCUT2D eigenvalue weighted by Crippen LogP contribution is 2.34. The fourth-order valence-electron chi connectivity index (χ4n) is 4.04. The molecular formula is C29H26F3N3O6S2. The number of anilines is 3. The van der Waals surface area contributed by atoms with Gasteiger partial charge in [0.15, 0.2) is 0 Å². The number of alkyl halides is 3. The number of amides is 1. The molecular weight excluding hydrogens is 607 g/mol. The Hall–Kier alpha value is -4.56. The van der Waals surface area contributed by atoms with Crippen LogP contribution in [0.15, 0.2) is 107 Å². The average molecular weight is 634 g/mol. The first-order valence-corrected chi connectivity index (χ1v) is 15.5. The molecule has 0 aliphatic carbocycles. The van der Waals surface area contributed by atoms with Gasteiger partial charge in [-0.15, -0.1) is 0 Å². The Kier molecular flexibility index (Phi) is 9.01. The lowest BCUT2D eigenvalue weighted by Crippen LogP contribution is -2.38. The lowest BCUT2D eigenvalue weighted by atomic mass is 10.2. The third kappa shape index (κ3) is 7.45. The second-order valence-corrected chi connectivity index (χ2v) is 12.8. The number of nitrogens with one attached hydrogen (secondary N) is 2. The number of halogens is 3. The first-order valence-electron chi connectivity index (χ1n) is 12.5. The highest BCUT2D eigenvalue weighted by molar-refractivity contribution is 7.93. The molecule has 0 atom stereocenters. The normalized spacial score (nSPS) is 11.9. The van der Waals surface area contributed by atoms with Crippen LogP contribution >= 0.6 is 0 Å². The minimum absolute atomic E-state index is 0.0470. The lowest BCUT2D eigenvalue weighted by molar-refractivity contribution is -0.137. The van der Waals surface area contributed by atoms with Crippen LogP contribution in [0.4, 0.5) is 30.2 Å². The summed E-state index contributed by atoms with van der Waals surface area (Å²) in [5.41, 5.74) is -0.282. The molecule has 0 radical (unpaired) electrons. The van der Waals surface area contributed by atoms with Gasteiger partial charge in [0.2, 0.25) is 5.91 Å². The predicted octanol–water partition coefficient (Wildman–Crippen LogP) is 5.66. The molecule has 0 unspecified atom stereocenters. The van der Waals surface area contributed by atoms with E-state index < -0.39 is 44.2 Å². The summed E-state index contributed by atoms with van der Waals surface area (Å²) in [6.45, 7) is 1.11. The van der Waals surface area contributed by atoms with E-state index in [2.05, 4.69) is 10.0 Å². The van der Waals surface area contributed by atoms with Crippen LogP contribution in [0.5, 0.6) is 5.75 Å². The monoisotopic (exact) mass is 633 g/mol. The molecule has 4 aromatic rings. The maximum absolute atomic E-state index is 13.6. The standard InChI is InChI=1S/C29H26F3N3O6S2/c1-20-11-16-27(41-2)26(17-20)35(43(39,40)25-9-4-3-5-10-25)19-28(36)33-22-12-14-24(15-13-22)42(37,38)34-23-8-6-7-21(18-23)29(30,31)32/h3-18,34H,19H2,1-2H3,(H,33,36). The van der Waals surface area contributed by atoms with Crippen molar-refractivity contribution in [3.05, 3.63) is 108 Å². The number of ether oxygens (including phenoxy) is 1. The van der Waals surface area contributed by atoms with Crippen LogP contribution in [0.1, 0.15) is 11.1 Å². The molecule has 226 valence electrons. The minimum Gasteiger partial charge on any atom is -0.495 e. The third-order valence-electron chi connectivity index (χ3n) is 6.11. The largest absolute Gasteiger partial charge is 0.495 e. The Labute approximate surface area is 247 Å². The summed E-state index contributed by atoms with van der Waals surface area (Å²) >= 11 is 0. The first-order chi connectivity index (χ1) is 20.2. The van der Waals surface area contributed by atoms with Gasteiger partial charge in [0.05, 0.1) is 28.2 Å². The van der Waals surface area contributed by atoms with Gasteiger partial charge in [-0.05, 0) is 79.2 Å². The Morgan fingerprint density at radius 1 is 0.814 bits per heavy atom. The fraction of sp³-hybridized carbons (Fsp3) is 0.138. The van der Waals surface area contributed by atoms with Gasteiger partial charge in [0.25, 0.3) is 20.0 Å². The van der Waals surface area contributed by atoms with E-state index in [-0.39, 0.29) is 32.6 Å². The first kappa shape index (κ1) is 31.4. The zero-order valence-corrected chi connectivity index (χ0v) is 24.4. The van der Waals surface area contributed by atoms with E-state index in [4.69, 9.17) is 4.74 Å². The van der Waals surface area contributed by atoms with Crippen molar-refractivity contribution in [3.8, 4) is 5.75 Å². The van der Waals surface area contributed by atoms with Crippen LogP contribution < -0.4 is 19.1 Å². The van der Waals surface area contributed by atoms with E-state index in [9.17, 15) is 34.8 Å². The predicted molar refractivity (Wildman–Crippen MR) is 156 cm³/mol. The van der Waals surface area contributed by atoms with Gasteiger partial charge >= 0.3 is 6.18 Å². The molecule has 4 rings (SSSR count). The molecule has 0 aliphatic heterocycles. The molecule has 1 amide bonds. The van der Waals surface area contributed by atoms with Gasteiger partial charge in [0, 0.05) is 11.4 Å². The second-order valence-electron chi connectivity index (χ2n) is 9.26. The maximum atomic E-state index is 13.6. The van der Waals surface area contributed by atoms with Gasteiger partial charge in [-0.1, -0.05) is 30.3 Å². The Morgan fingerprint density at radius 3 is 2.12 bits per heavy atom. The fourth-order valence-corrected chi connectivity index (χ4v) is 6.53. The van der Waals surface area contributed by atoms with Crippen LogP contribution in [0.2, 0.25) is 0 Å². The molecule has 0 aromatic heterocycles. The number of sulfonamides is 2. The summed E-state index contributed by atoms with van der Waals surface area (Å²) in [6, 6.07) is 21.0. The molecule has 0 saturated carbocycles. The molecule has 2 N–H and O–H groups in total. The van der Waals surface area contributed by atoms with Crippen molar-refractivity contribution < 1.29 is 39.5 Å². The smallest absolute Gasteiger partial charge is 0.416 e. The van der Waals surface area contributed by atoms with Gasteiger partial charge in [-0.25, -0.2) is 16.8 Å². The third-order valence-corrected chi connectivity index (χ3v) is 9.28. The van der Waals surface area contributed by atoms with Gasteiger partial charge < -0.3 is 10.1 Å². The SMILES string of the molecule is COc1ccc(C)cc1N(CC(=O)Nc1ccc(S(=O)(=O)Nc2cccc(C(F)(F)F)c2)cc1)S(=O)(=O)c1ccccc1. The summed E-state index contributed by atoms with van der Waals surface area (Å²) in [5, 5.41) is 2.54. The summed E-state index contributed by atoms with van der Waals surface area (Å²) in [5.74, 6) is -0.513. The van der Waals surface area contributed by atoms with E-state index in [0.29, 0.717) is 6.07 Å². The van der Waals surface area contributed by atoms with Crippen LogP contribution in [0.25, 0.3) is 0 Å². The van der Waals surface area contributed by atoms with Gasteiger partial charge in [0.1, 0.15) is 12.3 Å². The number of benzene rings is 4. The minimum atomic E-state index is -4.65. The zero-order valence-electron chi connectivity index (χ0n) is 22.8. The lowest BCUT2D eigenvalue weighted by Gasteiger charge is -2.26. The number of carbonyl (C=O) groups excluding carboxylic acids is 1. The Bertz CT molecular complexity index is 1830. The second kappa shape index (κ2) is 12.4. The highest BCUT2D eigenvalue weighted by atomic mass is 32.2. The van der Waals surface area contributed by atoms with Gasteiger partial charge in [-0.3, -0.25) is 13.8 Å². The van der Waals surface area contributed by atoms with Crippen LogP contribution in [0, 0.1) is 6.92 Å². The quantitative estimate of drug-likeness (QED) is 0.233. The number of aryl methyl sites for hydroxylation is 1. The summed E-state index contributed by atoms with van der Waals surface area (Å²) < 4.78 is 100. The maximum Gasteiger partial charge on any atom is 0.416 e. The molecule has 0 bridgehead atoms. The van der Waals surface area contributed by atoms with Crippen LogP contribution in [-0.2, 0) is 31.0 Å². The molecule has 0 spiro atoms. The van der Waals surface area contributed by atoms with E-state index in [1.165, 1.54) is 37.4 Å². The molecule has 0 fully saturated rings. The van der Waals surface area contributed by atoms with E-state index in [1.54, 1.807) is 43.3 Å². The number of hydrogen-bond donors (Lipinski definition) is 2. The summed E-state index contributed by atoms with van der Waals surface area (Å²) in [7, 11) is -7.12. The van der Waals surface area contributed by atoms with Crippen molar-refractivity contribution in [2.45, 2.75) is 22.9 Å². The number of methoxy groups -OCH3 is 1. The van der Waals surface area contributed by atoms with Crippen molar-refractivity contribution in [1.29, 1.82) is 0 Å². The van der Waals surface area contributed by atoms with Crippen molar-refractivity contribution in [2.24, 2.45) is 0 Å². The molecule has 9 nitrogen and oxygen atoms in total.